The Morgan fingerprint density at radius 1 is 1.06 bits per heavy atom. The van der Waals surface area contributed by atoms with Crippen molar-refractivity contribution in [2.45, 2.75) is 32.9 Å². The standard InChI is InChI=1S/C28H28N2O3/c1-3-5-16-24-21-30(20-23-14-10-7-11-15-23)27(28(32)33-4-2)25(24)17-18-26(31)29-19-22-12-8-6-9-13-22/h3,6-15,21H,1,4,17-20H2,2H3,(H,29,31). The number of rotatable bonds is 9. The maximum absolute atomic E-state index is 12.9. The first-order chi connectivity index (χ1) is 16.1. The summed E-state index contributed by atoms with van der Waals surface area (Å²) in [6.45, 7) is 6.66. The second-order valence-electron chi connectivity index (χ2n) is 7.44. The number of ether oxygens (including phenoxy) is 1. The van der Waals surface area contributed by atoms with E-state index < -0.39 is 5.97 Å². The normalized spacial score (nSPS) is 10.1. The number of benzene rings is 2. The number of carbonyl (C=O) groups is 2. The van der Waals surface area contributed by atoms with Crippen LogP contribution in [0.5, 0.6) is 0 Å². The molecule has 168 valence electrons. The molecule has 3 rings (SSSR count). The van der Waals surface area contributed by atoms with Crippen LogP contribution in [-0.4, -0.2) is 23.1 Å². The van der Waals surface area contributed by atoms with Gasteiger partial charge in [0.25, 0.3) is 0 Å². The van der Waals surface area contributed by atoms with E-state index in [1.54, 1.807) is 6.92 Å². The smallest absolute Gasteiger partial charge is 0.355 e. The Morgan fingerprint density at radius 3 is 2.36 bits per heavy atom. The van der Waals surface area contributed by atoms with Gasteiger partial charge in [-0.1, -0.05) is 79.1 Å². The van der Waals surface area contributed by atoms with E-state index >= 15 is 0 Å². The molecule has 0 fully saturated rings. The molecule has 0 spiro atoms. The predicted octanol–water partition coefficient (Wildman–Crippen LogP) is 4.50. The van der Waals surface area contributed by atoms with E-state index in [9.17, 15) is 9.59 Å². The molecule has 3 aromatic rings. The minimum atomic E-state index is -0.417. The Bertz CT molecular complexity index is 1150. The molecule has 5 heteroatoms. The Morgan fingerprint density at radius 2 is 1.73 bits per heavy atom. The zero-order valence-electron chi connectivity index (χ0n) is 18.8. The fourth-order valence-electron chi connectivity index (χ4n) is 3.56. The van der Waals surface area contributed by atoms with Crippen LogP contribution in [0.3, 0.4) is 0 Å². The summed E-state index contributed by atoms with van der Waals surface area (Å²) in [5.41, 5.74) is 3.93. The third-order valence-electron chi connectivity index (χ3n) is 5.09. The van der Waals surface area contributed by atoms with Crippen molar-refractivity contribution >= 4 is 11.9 Å². The molecule has 0 saturated heterocycles. The first kappa shape index (κ1) is 23.6. The zero-order chi connectivity index (χ0) is 23.5. The molecular formula is C28H28N2O3. The van der Waals surface area contributed by atoms with E-state index in [0.717, 1.165) is 11.1 Å². The fourth-order valence-corrected chi connectivity index (χ4v) is 3.56. The minimum Gasteiger partial charge on any atom is -0.461 e. The molecule has 0 atom stereocenters. The number of esters is 1. The lowest BCUT2D eigenvalue weighted by Gasteiger charge is -2.11. The molecule has 0 bridgehead atoms. The molecular weight excluding hydrogens is 412 g/mol. The summed E-state index contributed by atoms with van der Waals surface area (Å²) in [7, 11) is 0. The molecule has 1 N–H and O–H groups in total. The maximum atomic E-state index is 12.9. The highest BCUT2D eigenvalue weighted by Gasteiger charge is 2.23. The van der Waals surface area contributed by atoms with Crippen molar-refractivity contribution in [2.24, 2.45) is 0 Å². The molecule has 0 aliphatic rings. The topological polar surface area (TPSA) is 60.3 Å². The number of carbonyl (C=O) groups excluding carboxylic acids is 2. The summed E-state index contributed by atoms with van der Waals surface area (Å²) in [6, 6.07) is 19.6. The first-order valence-electron chi connectivity index (χ1n) is 11.0. The van der Waals surface area contributed by atoms with Crippen LogP contribution in [0.1, 0.15) is 46.1 Å². The van der Waals surface area contributed by atoms with Crippen LogP contribution in [0.15, 0.2) is 79.5 Å². The lowest BCUT2D eigenvalue weighted by molar-refractivity contribution is -0.121. The number of nitrogens with zero attached hydrogens (tertiary/aromatic N) is 1. The average Bonchev–Trinajstić information content (AvgIpc) is 3.18. The Kier molecular flexibility index (Phi) is 8.67. The summed E-state index contributed by atoms with van der Waals surface area (Å²) in [4.78, 5) is 25.4. The van der Waals surface area contributed by atoms with E-state index in [1.807, 2.05) is 71.4 Å². The van der Waals surface area contributed by atoms with Crippen LogP contribution in [0, 0.1) is 11.8 Å². The van der Waals surface area contributed by atoms with Crippen LogP contribution in [-0.2, 0) is 29.0 Å². The number of amides is 1. The van der Waals surface area contributed by atoms with Crippen LogP contribution < -0.4 is 5.32 Å². The highest BCUT2D eigenvalue weighted by molar-refractivity contribution is 5.91. The van der Waals surface area contributed by atoms with Gasteiger partial charge < -0.3 is 14.6 Å². The van der Waals surface area contributed by atoms with E-state index in [0.29, 0.717) is 36.3 Å². The highest BCUT2D eigenvalue weighted by Crippen LogP contribution is 2.22. The number of allylic oxidation sites excluding steroid dienone is 1. The molecule has 1 aromatic heterocycles. The van der Waals surface area contributed by atoms with Gasteiger partial charge in [-0.15, -0.1) is 0 Å². The Balaban J connectivity index is 1.85. The molecule has 0 unspecified atom stereocenters. The molecule has 2 aromatic carbocycles. The Hall–Kier alpha value is -4.04. The second-order valence-corrected chi connectivity index (χ2v) is 7.44. The van der Waals surface area contributed by atoms with Crippen molar-refractivity contribution in [3.8, 4) is 11.8 Å². The summed E-state index contributed by atoms with van der Waals surface area (Å²) in [6.07, 6.45) is 3.97. The number of hydrogen-bond acceptors (Lipinski definition) is 3. The average molecular weight is 441 g/mol. The van der Waals surface area contributed by atoms with Gasteiger partial charge >= 0.3 is 5.97 Å². The largest absolute Gasteiger partial charge is 0.461 e. The molecule has 33 heavy (non-hydrogen) atoms. The van der Waals surface area contributed by atoms with Gasteiger partial charge in [0.1, 0.15) is 5.69 Å². The van der Waals surface area contributed by atoms with Gasteiger partial charge in [0, 0.05) is 36.8 Å². The fraction of sp³-hybridized carbons (Fsp3) is 0.214. The maximum Gasteiger partial charge on any atom is 0.355 e. The highest BCUT2D eigenvalue weighted by atomic mass is 16.5. The number of hydrogen-bond donors (Lipinski definition) is 1. The van der Waals surface area contributed by atoms with E-state index in [1.165, 1.54) is 6.08 Å². The summed E-state index contributed by atoms with van der Waals surface area (Å²) >= 11 is 0. The lowest BCUT2D eigenvalue weighted by atomic mass is 10.0. The summed E-state index contributed by atoms with van der Waals surface area (Å²) in [5.74, 6) is 5.41. The van der Waals surface area contributed by atoms with Crippen molar-refractivity contribution in [3.05, 3.63) is 107 Å². The molecule has 0 aliphatic heterocycles. The van der Waals surface area contributed by atoms with Crippen LogP contribution in [0.4, 0.5) is 0 Å². The third kappa shape index (κ3) is 6.72. The van der Waals surface area contributed by atoms with E-state index in [2.05, 4.69) is 23.7 Å². The molecule has 0 aliphatic carbocycles. The molecule has 5 nitrogen and oxygen atoms in total. The van der Waals surface area contributed by atoms with Crippen molar-refractivity contribution in [2.75, 3.05) is 6.61 Å². The van der Waals surface area contributed by atoms with Crippen molar-refractivity contribution in [1.29, 1.82) is 0 Å². The van der Waals surface area contributed by atoms with E-state index in [-0.39, 0.29) is 18.9 Å². The Labute approximate surface area is 195 Å². The quantitative estimate of drug-likeness (QED) is 0.394. The number of aromatic nitrogens is 1. The van der Waals surface area contributed by atoms with Crippen molar-refractivity contribution < 1.29 is 14.3 Å². The lowest BCUT2D eigenvalue weighted by Crippen LogP contribution is -2.23. The summed E-state index contributed by atoms with van der Waals surface area (Å²) < 4.78 is 7.21. The predicted molar refractivity (Wildman–Crippen MR) is 130 cm³/mol. The second kappa shape index (κ2) is 12.1. The first-order valence-corrected chi connectivity index (χ1v) is 11.0. The van der Waals surface area contributed by atoms with Gasteiger partial charge in [0.15, 0.2) is 0 Å². The molecule has 1 heterocycles. The van der Waals surface area contributed by atoms with Crippen molar-refractivity contribution in [3.63, 3.8) is 0 Å². The van der Waals surface area contributed by atoms with Gasteiger partial charge in [-0.25, -0.2) is 4.79 Å². The SMILES string of the molecule is C=CC#Cc1cn(Cc2ccccc2)c(C(=O)OCC)c1CCC(=O)NCc1ccccc1. The van der Waals surface area contributed by atoms with Gasteiger partial charge in [0.05, 0.1) is 6.61 Å². The molecule has 1 amide bonds. The van der Waals surface area contributed by atoms with Gasteiger partial charge in [0.2, 0.25) is 5.91 Å². The summed E-state index contributed by atoms with van der Waals surface area (Å²) in [5, 5.41) is 2.94. The van der Waals surface area contributed by atoms with E-state index in [4.69, 9.17) is 4.74 Å². The van der Waals surface area contributed by atoms with Gasteiger partial charge in [-0.2, -0.15) is 0 Å². The van der Waals surface area contributed by atoms with Gasteiger partial charge in [-0.05, 0) is 30.5 Å². The molecule has 0 radical (unpaired) electrons. The van der Waals surface area contributed by atoms with Crippen LogP contribution >= 0.6 is 0 Å². The number of nitrogens with one attached hydrogen (secondary N) is 1. The molecule has 0 saturated carbocycles. The third-order valence-corrected chi connectivity index (χ3v) is 5.09. The van der Waals surface area contributed by atoms with Gasteiger partial charge in [-0.3, -0.25) is 4.79 Å². The van der Waals surface area contributed by atoms with Crippen molar-refractivity contribution in [1.82, 2.24) is 9.88 Å². The minimum absolute atomic E-state index is 0.0906. The zero-order valence-corrected chi connectivity index (χ0v) is 18.8. The monoisotopic (exact) mass is 440 g/mol. The van der Waals surface area contributed by atoms with Crippen LogP contribution in [0.2, 0.25) is 0 Å². The van der Waals surface area contributed by atoms with Crippen LogP contribution in [0.25, 0.3) is 0 Å².